The van der Waals surface area contributed by atoms with Gasteiger partial charge in [0.15, 0.2) is 0 Å². The summed E-state index contributed by atoms with van der Waals surface area (Å²) in [7, 11) is 0. The Labute approximate surface area is 177 Å². The van der Waals surface area contributed by atoms with Crippen molar-refractivity contribution in [2.75, 3.05) is 23.8 Å². The van der Waals surface area contributed by atoms with E-state index >= 15 is 0 Å². The summed E-state index contributed by atoms with van der Waals surface area (Å²) < 4.78 is 11.4. The summed E-state index contributed by atoms with van der Waals surface area (Å²) in [5.41, 5.74) is 3.54. The van der Waals surface area contributed by atoms with Gasteiger partial charge in [-0.3, -0.25) is 4.79 Å². The molecular weight excluding hydrogens is 376 g/mol. The number of anilines is 2. The maximum atomic E-state index is 12.6. The van der Waals surface area contributed by atoms with Crippen LogP contribution in [-0.2, 0) is 11.3 Å². The minimum Gasteiger partial charge on any atom is -0.491 e. The molecule has 1 heterocycles. The number of carbonyl (C=O) groups is 1. The standard InChI is InChI=1S/C25H26N2O3/c28-25(20-6-4-9-23(16-20)30-18-24-10-5-15-29-24)27-22-13-11-19(12-14-22)17-26-21-7-2-1-3-8-21/h1-4,6-9,11-14,16,24,26H,5,10,15,17-18H2,(H,27,28). The molecule has 0 radical (unpaired) electrons. The van der Waals surface area contributed by atoms with Crippen molar-refractivity contribution in [2.45, 2.75) is 25.5 Å². The Hall–Kier alpha value is -3.31. The molecule has 3 aromatic rings. The number of nitrogens with one attached hydrogen (secondary N) is 2. The van der Waals surface area contributed by atoms with E-state index in [-0.39, 0.29) is 12.0 Å². The summed E-state index contributed by atoms with van der Waals surface area (Å²) in [6, 6.07) is 25.2. The molecule has 0 aliphatic carbocycles. The van der Waals surface area contributed by atoms with E-state index in [0.29, 0.717) is 17.9 Å². The average molecular weight is 402 g/mol. The van der Waals surface area contributed by atoms with Crippen molar-refractivity contribution >= 4 is 17.3 Å². The van der Waals surface area contributed by atoms with Crippen molar-refractivity contribution in [3.05, 3.63) is 90.0 Å². The molecular formula is C25H26N2O3. The highest BCUT2D eigenvalue weighted by Gasteiger charge is 2.16. The van der Waals surface area contributed by atoms with Gasteiger partial charge in [-0.05, 0) is 60.9 Å². The van der Waals surface area contributed by atoms with Crippen LogP contribution in [0.2, 0.25) is 0 Å². The summed E-state index contributed by atoms with van der Waals surface area (Å²) >= 11 is 0. The highest BCUT2D eigenvalue weighted by Crippen LogP contribution is 2.19. The zero-order valence-corrected chi connectivity index (χ0v) is 16.8. The molecule has 3 aromatic carbocycles. The van der Waals surface area contributed by atoms with E-state index in [2.05, 4.69) is 10.6 Å². The number of carbonyl (C=O) groups excluding carboxylic acids is 1. The van der Waals surface area contributed by atoms with Crippen LogP contribution in [0.5, 0.6) is 5.75 Å². The second-order valence-corrected chi connectivity index (χ2v) is 7.34. The molecule has 2 N–H and O–H groups in total. The zero-order chi connectivity index (χ0) is 20.6. The van der Waals surface area contributed by atoms with Gasteiger partial charge in [0.05, 0.1) is 6.10 Å². The summed E-state index contributed by atoms with van der Waals surface area (Å²) in [6.45, 7) is 2.05. The zero-order valence-electron chi connectivity index (χ0n) is 16.8. The minimum atomic E-state index is -0.160. The summed E-state index contributed by atoms with van der Waals surface area (Å²) in [5, 5.41) is 6.32. The lowest BCUT2D eigenvalue weighted by Gasteiger charge is -2.12. The first-order valence-electron chi connectivity index (χ1n) is 10.3. The van der Waals surface area contributed by atoms with Gasteiger partial charge in [0.1, 0.15) is 12.4 Å². The molecule has 0 aromatic heterocycles. The Kier molecular flexibility index (Phi) is 6.62. The summed E-state index contributed by atoms with van der Waals surface area (Å²) in [5.74, 6) is 0.521. The smallest absolute Gasteiger partial charge is 0.255 e. The predicted octanol–water partition coefficient (Wildman–Crippen LogP) is 5.11. The Morgan fingerprint density at radius 2 is 1.80 bits per heavy atom. The number of para-hydroxylation sites is 1. The van der Waals surface area contributed by atoms with Crippen LogP contribution >= 0.6 is 0 Å². The lowest BCUT2D eigenvalue weighted by molar-refractivity contribution is 0.0679. The molecule has 5 heteroatoms. The molecule has 1 fully saturated rings. The molecule has 4 rings (SSSR count). The molecule has 30 heavy (non-hydrogen) atoms. The number of rotatable bonds is 8. The van der Waals surface area contributed by atoms with E-state index in [0.717, 1.165) is 42.9 Å². The van der Waals surface area contributed by atoms with Crippen molar-refractivity contribution in [3.63, 3.8) is 0 Å². The van der Waals surface area contributed by atoms with Gasteiger partial charge in [-0.1, -0.05) is 36.4 Å². The third-order valence-corrected chi connectivity index (χ3v) is 5.04. The maximum absolute atomic E-state index is 12.6. The van der Waals surface area contributed by atoms with Gasteiger partial charge in [0.2, 0.25) is 0 Å². The largest absolute Gasteiger partial charge is 0.491 e. The second-order valence-electron chi connectivity index (χ2n) is 7.34. The Balaban J connectivity index is 1.30. The fourth-order valence-electron chi connectivity index (χ4n) is 3.36. The fourth-order valence-corrected chi connectivity index (χ4v) is 3.36. The van der Waals surface area contributed by atoms with E-state index in [9.17, 15) is 4.79 Å². The van der Waals surface area contributed by atoms with Crippen molar-refractivity contribution < 1.29 is 14.3 Å². The van der Waals surface area contributed by atoms with Crippen LogP contribution in [0.15, 0.2) is 78.9 Å². The second kappa shape index (κ2) is 9.94. The molecule has 0 saturated carbocycles. The van der Waals surface area contributed by atoms with E-state index in [4.69, 9.17) is 9.47 Å². The highest BCUT2D eigenvalue weighted by molar-refractivity contribution is 6.04. The third kappa shape index (κ3) is 5.61. The topological polar surface area (TPSA) is 59.6 Å². The van der Waals surface area contributed by atoms with Gasteiger partial charge in [0, 0.05) is 30.1 Å². The molecule has 5 nitrogen and oxygen atoms in total. The highest BCUT2D eigenvalue weighted by atomic mass is 16.5. The molecule has 0 spiro atoms. The SMILES string of the molecule is O=C(Nc1ccc(CNc2ccccc2)cc1)c1cccc(OCC2CCCO2)c1. The summed E-state index contributed by atoms with van der Waals surface area (Å²) in [6.07, 6.45) is 2.26. The predicted molar refractivity (Wildman–Crippen MR) is 119 cm³/mol. The summed E-state index contributed by atoms with van der Waals surface area (Å²) in [4.78, 5) is 12.6. The van der Waals surface area contributed by atoms with Gasteiger partial charge < -0.3 is 20.1 Å². The average Bonchev–Trinajstić information content (AvgIpc) is 3.32. The molecule has 1 unspecified atom stereocenters. The number of benzene rings is 3. The lowest BCUT2D eigenvalue weighted by Crippen LogP contribution is -2.17. The Morgan fingerprint density at radius 3 is 2.57 bits per heavy atom. The van der Waals surface area contributed by atoms with Crippen molar-refractivity contribution in [1.29, 1.82) is 0 Å². The van der Waals surface area contributed by atoms with E-state index < -0.39 is 0 Å². The number of hydrogen-bond donors (Lipinski definition) is 2. The van der Waals surface area contributed by atoms with Gasteiger partial charge in [-0.15, -0.1) is 0 Å². The molecule has 1 atom stereocenters. The van der Waals surface area contributed by atoms with Crippen LogP contribution in [-0.4, -0.2) is 25.2 Å². The van der Waals surface area contributed by atoms with Crippen LogP contribution in [0, 0.1) is 0 Å². The minimum absolute atomic E-state index is 0.150. The third-order valence-electron chi connectivity index (χ3n) is 5.04. The lowest BCUT2D eigenvalue weighted by atomic mass is 10.1. The molecule has 0 bridgehead atoms. The van der Waals surface area contributed by atoms with Crippen LogP contribution < -0.4 is 15.4 Å². The molecule has 154 valence electrons. The van der Waals surface area contributed by atoms with Gasteiger partial charge >= 0.3 is 0 Å². The molecule has 1 saturated heterocycles. The first-order chi connectivity index (χ1) is 14.8. The quantitative estimate of drug-likeness (QED) is 0.550. The monoisotopic (exact) mass is 402 g/mol. The van der Waals surface area contributed by atoms with E-state index in [1.165, 1.54) is 0 Å². The Bertz CT molecular complexity index is 952. The fraction of sp³-hybridized carbons (Fsp3) is 0.240. The van der Waals surface area contributed by atoms with Crippen LogP contribution in [0.25, 0.3) is 0 Å². The van der Waals surface area contributed by atoms with Crippen molar-refractivity contribution in [3.8, 4) is 5.75 Å². The van der Waals surface area contributed by atoms with Crippen LogP contribution in [0.4, 0.5) is 11.4 Å². The molecule has 1 aliphatic rings. The molecule has 1 amide bonds. The van der Waals surface area contributed by atoms with Crippen LogP contribution in [0.3, 0.4) is 0 Å². The van der Waals surface area contributed by atoms with Crippen molar-refractivity contribution in [1.82, 2.24) is 0 Å². The maximum Gasteiger partial charge on any atom is 0.255 e. The Morgan fingerprint density at radius 1 is 0.967 bits per heavy atom. The van der Waals surface area contributed by atoms with Gasteiger partial charge in [-0.25, -0.2) is 0 Å². The number of amides is 1. The first kappa shape index (κ1) is 20.0. The number of hydrogen-bond acceptors (Lipinski definition) is 4. The van der Waals surface area contributed by atoms with Gasteiger partial charge in [-0.2, -0.15) is 0 Å². The van der Waals surface area contributed by atoms with Crippen LogP contribution in [0.1, 0.15) is 28.8 Å². The normalized spacial score (nSPS) is 15.5. The number of ether oxygens (including phenoxy) is 2. The van der Waals surface area contributed by atoms with Crippen molar-refractivity contribution in [2.24, 2.45) is 0 Å². The molecule has 1 aliphatic heterocycles. The van der Waals surface area contributed by atoms with Gasteiger partial charge in [0.25, 0.3) is 5.91 Å². The first-order valence-corrected chi connectivity index (χ1v) is 10.3. The van der Waals surface area contributed by atoms with E-state index in [1.54, 1.807) is 12.1 Å². The van der Waals surface area contributed by atoms with E-state index in [1.807, 2.05) is 66.7 Å².